The van der Waals surface area contributed by atoms with Crippen molar-refractivity contribution in [3.63, 3.8) is 0 Å². The van der Waals surface area contributed by atoms with Crippen LogP contribution >= 0.6 is 11.6 Å². The summed E-state index contributed by atoms with van der Waals surface area (Å²) in [6, 6.07) is 6.40. The second-order valence-electron chi connectivity index (χ2n) is 5.08. The molecule has 1 aromatic carbocycles. The first-order valence-corrected chi connectivity index (χ1v) is 7.22. The van der Waals surface area contributed by atoms with Crippen LogP contribution in [0.5, 0.6) is 5.75 Å². The molecular weight excluding hydrogens is 246 g/mol. The molecule has 1 aromatic rings. The van der Waals surface area contributed by atoms with Gasteiger partial charge in [0.25, 0.3) is 0 Å². The fraction of sp³-hybridized carbons (Fsp3) is 0.600. The van der Waals surface area contributed by atoms with E-state index in [1.165, 1.54) is 24.8 Å². The average molecular weight is 268 g/mol. The highest BCUT2D eigenvalue weighted by molar-refractivity contribution is 6.32. The molecular formula is C15H22ClNO. The van der Waals surface area contributed by atoms with Crippen LogP contribution < -0.4 is 10.1 Å². The summed E-state index contributed by atoms with van der Waals surface area (Å²) in [7, 11) is 1.95. The molecule has 0 aromatic heterocycles. The Morgan fingerprint density at radius 3 is 2.61 bits per heavy atom. The fourth-order valence-electron chi connectivity index (χ4n) is 2.41. The molecule has 1 atom stereocenters. The Bertz CT molecular complexity index is 388. The Morgan fingerprint density at radius 1 is 1.28 bits per heavy atom. The van der Waals surface area contributed by atoms with Crippen LogP contribution in [0.15, 0.2) is 18.2 Å². The molecule has 18 heavy (non-hydrogen) atoms. The number of rotatable bonds is 4. The zero-order valence-corrected chi connectivity index (χ0v) is 12.0. The van der Waals surface area contributed by atoms with Gasteiger partial charge in [0, 0.05) is 6.04 Å². The van der Waals surface area contributed by atoms with Crippen molar-refractivity contribution in [2.75, 3.05) is 7.05 Å². The van der Waals surface area contributed by atoms with Crippen LogP contribution in [-0.2, 0) is 0 Å². The third kappa shape index (κ3) is 3.39. The van der Waals surface area contributed by atoms with Crippen molar-refractivity contribution in [1.29, 1.82) is 0 Å². The maximum Gasteiger partial charge on any atom is 0.138 e. The molecule has 0 heterocycles. The standard InChI is InChI=1S/C15H22ClNO/c1-11(17-2)12-8-9-15(14(16)10-12)18-13-6-4-3-5-7-13/h8-11,13,17H,3-7H2,1-2H3. The SMILES string of the molecule is CNC(C)c1ccc(OC2CCCCC2)c(Cl)c1. The van der Waals surface area contributed by atoms with E-state index < -0.39 is 0 Å². The molecule has 3 heteroatoms. The highest BCUT2D eigenvalue weighted by Crippen LogP contribution is 2.31. The van der Waals surface area contributed by atoms with Crippen molar-refractivity contribution in [3.05, 3.63) is 28.8 Å². The normalized spacial score (nSPS) is 18.6. The van der Waals surface area contributed by atoms with Gasteiger partial charge >= 0.3 is 0 Å². The molecule has 2 rings (SSSR count). The van der Waals surface area contributed by atoms with E-state index in [4.69, 9.17) is 16.3 Å². The molecule has 0 amide bonds. The van der Waals surface area contributed by atoms with Crippen molar-refractivity contribution in [2.45, 2.75) is 51.2 Å². The van der Waals surface area contributed by atoms with Gasteiger partial charge in [-0.2, -0.15) is 0 Å². The molecule has 1 fully saturated rings. The van der Waals surface area contributed by atoms with E-state index in [1.54, 1.807) is 0 Å². The van der Waals surface area contributed by atoms with E-state index in [-0.39, 0.29) is 0 Å². The lowest BCUT2D eigenvalue weighted by Crippen LogP contribution is -2.20. The van der Waals surface area contributed by atoms with Crippen molar-refractivity contribution < 1.29 is 4.74 Å². The van der Waals surface area contributed by atoms with Gasteiger partial charge in [-0.05, 0) is 57.4 Å². The van der Waals surface area contributed by atoms with Gasteiger partial charge in [-0.25, -0.2) is 0 Å². The van der Waals surface area contributed by atoms with Crippen molar-refractivity contribution in [2.24, 2.45) is 0 Å². The second kappa shape index (κ2) is 6.44. The number of hydrogen-bond acceptors (Lipinski definition) is 2. The number of benzene rings is 1. The van der Waals surface area contributed by atoms with Crippen molar-refractivity contribution in [1.82, 2.24) is 5.32 Å². The summed E-state index contributed by atoms with van der Waals surface area (Å²) in [6.45, 7) is 2.12. The molecule has 0 bridgehead atoms. The van der Waals surface area contributed by atoms with E-state index in [2.05, 4.69) is 18.3 Å². The minimum Gasteiger partial charge on any atom is -0.489 e. The largest absolute Gasteiger partial charge is 0.489 e. The van der Waals surface area contributed by atoms with E-state index >= 15 is 0 Å². The van der Waals surface area contributed by atoms with Gasteiger partial charge in [0.2, 0.25) is 0 Å². The van der Waals surface area contributed by atoms with Crippen LogP contribution in [0.2, 0.25) is 5.02 Å². The van der Waals surface area contributed by atoms with Crippen LogP contribution in [0.3, 0.4) is 0 Å². The van der Waals surface area contributed by atoms with E-state index in [1.807, 2.05) is 19.2 Å². The lowest BCUT2D eigenvalue weighted by molar-refractivity contribution is 0.155. The molecule has 1 aliphatic rings. The Hall–Kier alpha value is -0.730. The molecule has 0 spiro atoms. The third-order valence-electron chi connectivity index (χ3n) is 3.73. The Labute approximate surface area is 115 Å². The maximum absolute atomic E-state index is 6.30. The molecule has 100 valence electrons. The number of hydrogen-bond donors (Lipinski definition) is 1. The molecule has 1 unspecified atom stereocenters. The summed E-state index contributed by atoms with van der Waals surface area (Å²) >= 11 is 6.30. The molecule has 0 saturated heterocycles. The molecule has 0 aliphatic heterocycles. The monoisotopic (exact) mass is 267 g/mol. The zero-order valence-electron chi connectivity index (χ0n) is 11.2. The Balaban J connectivity index is 2.04. The topological polar surface area (TPSA) is 21.3 Å². The van der Waals surface area contributed by atoms with Crippen LogP contribution in [0.4, 0.5) is 0 Å². The first kappa shape index (κ1) is 13.7. The quantitative estimate of drug-likeness (QED) is 0.877. The first-order chi connectivity index (χ1) is 8.70. The van der Waals surface area contributed by atoms with Crippen molar-refractivity contribution in [3.8, 4) is 5.75 Å². The second-order valence-corrected chi connectivity index (χ2v) is 5.49. The van der Waals surface area contributed by atoms with E-state index in [0.29, 0.717) is 12.1 Å². The molecule has 2 nitrogen and oxygen atoms in total. The van der Waals surface area contributed by atoms with Gasteiger partial charge in [-0.15, -0.1) is 0 Å². The summed E-state index contributed by atoms with van der Waals surface area (Å²) in [6.07, 6.45) is 6.56. The van der Waals surface area contributed by atoms with Crippen LogP contribution in [0, 0.1) is 0 Å². The van der Waals surface area contributed by atoms with Gasteiger partial charge < -0.3 is 10.1 Å². The van der Waals surface area contributed by atoms with E-state index in [0.717, 1.165) is 23.6 Å². The molecule has 1 N–H and O–H groups in total. The maximum atomic E-state index is 6.30. The first-order valence-electron chi connectivity index (χ1n) is 6.84. The minimum absolute atomic E-state index is 0.311. The highest BCUT2D eigenvalue weighted by Gasteiger charge is 2.16. The average Bonchev–Trinajstić information content (AvgIpc) is 2.41. The number of nitrogens with one attached hydrogen (secondary N) is 1. The van der Waals surface area contributed by atoms with Crippen LogP contribution in [-0.4, -0.2) is 13.2 Å². The van der Waals surface area contributed by atoms with E-state index in [9.17, 15) is 0 Å². The summed E-state index contributed by atoms with van der Waals surface area (Å²) < 4.78 is 6.00. The smallest absolute Gasteiger partial charge is 0.138 e. The van der Waals surface area contributed by atoms with Crippen molar-refractivity contribution >= 4 is 11.6 Å². The third-order valence-corrected chi connectivity index (χ3v) is 4.03. The lowest BCUT2D eigenvalue weighted by atomic mass is 9.98. The predicted molar refractivity (Wildman–Crippen MR) is 76.4 cm³/mol. The lowest BCUT2D eigenvalue weighted by Gasteiger charge is -2.24. The highest BCUT2D eigenvalue weighted by atomic mass is 35.5. The molecule has 1 aliphatic carbocycles. The van der Waals surface area contributed by atoms with Gasteiger partial charge in [-0.1, -0.05) is 24.1 Å². The molecule has 0 radical (unpaired) electrons. The summed E-state index contributed by atoms with van der Waals surface area (Å²) in [5.41, 5.74) is 1.19. The number of ether oxygens (including phenoxy) is 1. The zero-order chi connectivity index (χ0) is 13.0. The Kier molecular flexibility index (Phi) is 4.90. The summed E-state index contributed by atoms with van der Waals surface area (Å²) in [5.74, 6) is 0.829. The van der Waals surface area contributed by atoms with Crippen LogP contribution in [0.25, 0.3) is 0 Å². The predicted octanol–water partition coefficient (Wildman–Crippen LogP) is 4.33. The Morgan fingerprint density at radius 2 is 2.00 bits per heavy atom. The van der Waals surface area contributed by atoms with Crippen LogP contribution in [0.1, 0.15) is 50.6 Å². The number of halogens is 1. The summed E-state index contributed by atoms with van der Waals surface area (Å²) in [5, 5.41) is 3.93. The minimum atomic E-state index is 0.311. The summed E-state index contributed by atoms with van der Waals surface area (Å²) in [4.78, 5) is 0. The molecule has 1 saturated carbocycles. The van der Waals surface area contributed by atoms with Gasteiger partial charge in [-0.3, -0.25) is 0 Å². The fourth-order valence-corrected chi connectivity index (χ4v) is 2.64. The van der Waals surface area contributed by atoms with Gasteiger partial charge in [0.05, 0.1) is 11.1 Å². The van der Waals surface area contributed by atoms with Gasteiger partial charge in [0.1, 0.15) is 5.75 Å². The van der Waals surface area contributed by atoms with Gasteiger partial charge in [0.15, 0.2) is 0 Å².